The van der Waals surface area contributed by atoms with E-state index in [1.807, 2.05) is 4.90 Å². The smallest absolute Gasteiger partial charge is 0.274 e. The Morgan fingerprint density at radius 2 is 1.83 bits per heavy atom. The van der Waals surface area contributed by atoms with Crippen LogP contribution in [0.2, 0.25) is 0 Å². The molecular formula is C23H30N4O2. The average molecular weight is 395 g/mol. The Morgan fingerprint density at radius 1 is 1.03 bits per heavy atom. The predicted octanol–water partition coefficient (Wildman–Crippen LogP) is 2.48. The number of hydrogen-bond acceptors (Lipinski definition) is 4. The summed E-state index contributed by atoms with van der Waals surface area (Å²) in [5, 5.41) is 4.22. The van der Waals surface area contributed by atoms with Gasteiger partial charge in [0.05, 0.1) is 0 Å². The highest BCUT2D eigenvalue weighted by Crippen LogP contribution is 2.34. The molecule has 0 saturated carbocycles. The van der Waals surface area contributed by atoms with E-state index in [4.69, 9.17) is 0 Å². The van der Waals surface area contributed by atoms with Crippen LogP contribution in [0, 0.1) is 0 Å². The monoisotopic (exact) mass is 394 g/mol. The summed E-state index contributed by atoms with van der Waals surface area (Å²) >= 11 is 0. The van der Waals surface area contributed by atoms with Crippen molar-refractivity contribution in [3.63, 3.8) is 0 Å². The van der Waals surface area contributed by atoms with Crippen LogP contribution in [-0.2, 0) is 13.5 Å². The first-order valence-corrected chi connectivity index (χ1v) is 10.7. The van der Waals surface area contributed by atoms with Crippen molar-refractivity contribution in [2.24, 2.45) is 7.05 Å². The van der Waals surface area contributed by atoms with Gasteiger partial charge in [-0.3, -0.25) is 14.5 Å². The number of likely N-dealkylation sites (N-methyl/N-ethyl adjacent to an activating group) is 1. The molecule has 0 spiro atoms. The molecular weight excluding hydrogens is 364 g/mol. The molecule has 3 atom stereocenters. The molecule has 1 amide bonds. The maximum absolute atomic E-state index is 13.4. The van der Waals surface area contributed by atoms with E-state index in [9.17, 15) is 9.59 Å². The lowest BCUT2D eigenvalue weighted by Crippen LogP contribution is -2.49. The number of hydrogen-bond donors (Lipinski definition) is 0. The third-order valence-corrected chi connectivity index (χ3v) is 6.61. The first-order valence-electron chi connectivity index (χ1n) is 10.7. The first-order chi connectivity index (χ1) is 14.0. The third kappa shape index (κ3) is 4.13. The molecule has 0 bridgehead atoms. The summed E-state index contributed by atoms with van der Waals surface area (Å²) in [6.07, 6.45) is 6.48. The fourth-order valence-corrected chi connectivity index (χ4v) is 4.98. The molecule has 2 saturated heterocycles. The summed E-state index contributed by atoms with van der Waals surface area (Å²) in [5.74, 6) is -0.0498. The van der Waals surface area contributed by atoms with Crippen LogP contribution in [-0.4, -0.2) is 57.2 Å². The van der Waals surface area contributed by atoms with Crippen LogP contribution in [0.1, 0.15) is 48.2 Å². The molecule has 3 heterocycles. The lowest BCUT2D eigenvalue weighted by molar-refractivity contribution is 0.0592. The Kier molecular flexibility index (Phi) is 5.81. The van der Waals surface area contributed by atoms with Gasteiger partial charge in [0.2, 0.25) is 0 Å². The number of amides is 1. The van der Waals surface area contributed by atoms with Crippen molar-refractivity contribution in [2.75, 3.05) is 13.6 Å². The molecule has 2 aliphatic heterocycles. The molecule has 29 heavy (non-hydrogen) atoms. The molecule has 1 aromatic carbocycles. The summed E-state index contributed by atoms with van der Waals surface area (Å²) in [5.41, 5.74) is 1.51. The van der Waals surface area contributed by atoms with Crippen molar-refractivity contribution in [3.05, 3.63) is 64.1 Å². The molecule has 0 radical (unpaired) electrons. The van der Waals surface area contributed by atoms with Gasteiger partial charge in [-0.25, -0.2) is 4.68 Å². The lowest BCUT2D eigenvalue weighted by Gasteiger charge is -2.36. The van der Waals surface area contributed by atoms with Gasteiger partial charge in [-0.15, -0.1) is 0 Å². The Morgan fingerprint density at radius 3 is 2.59 bits per heavy atom. The Labute approximate surface area is 172 Å². The molecule has 0 unspecified atom stereocenters. The first kappa shape index (κ1) is 19.8. The van der Waals surface area contributed by atoms with Crippen molar-refractivity contribution in [1.82, 2.24) is 19.6 Å². The van der Waals surface area contributed by atoms with Gasteiger partial charge in [0.1, 0.15) is 5.69 Å². The van der Waals surface area contributed by atoms with Crippen molar-refractivity contribution in [1.29, 1.82) is 0 Å². The number of carbonyl (C=O) groups is 1. The minimum Gasteiger partial charge on any atom is -0.333 e. The number of aromatic nitrogens is 2. The summed E-state index contributed by atoms with van der Waals surface area (Å²) < 4.78 is 1.24. The second kappa shape index (κ2) is 8.49. The predicted molar refractivity (Wildman–Crippen MR) is 113 cm³/mol. The van der Waals surface area contributed by atoms with E-state index in [0.29, 0.717) is 17.8 Å². The van der Waals surface area contributed by atoms with Crippen molar-refractivity contribution < 1.29 is 4.79 Å². The fourth-order valence-electron chi connectivity index (χ4n) is 4.98. The normalized spacial score (nSPS) is 25.3. The fraction of sp³-hybridized carbons (Fsp3) is 0.522. The van der Waals surface area contributed by atoms with E-state index >= 15 is 0 Å². The van der Waals surface area contributed by atoms with Gasteiger partial charge in [-0.2, -0.15) is 5.10 Å². The highest BCUT2D eigenvalue weighted by atomic mass is 16.2. The quantitative estimate of drug-likeness (QED) is 0.803. The Bertz CT molecular complexity index is 911. The maximum atomic E-state index is 13.4. The van der Waals surface area contributed by atoms with Crippen LogP contribution in [0.3, 0.4) is 0 Å². The highest BCUT2D eigenvalue weighted by molar-refractivity contribution is 5.92. The van der Waals surface area contributed by atoms with E-state index in [2.05, 4.69) is 47.4 Å². The second-order valence-electron chi connectivity index (χ2n) is 8.41. The van der Waals surface area contributed by atoms with Crippen LogP contribution in [0.5, 0.6) is 0 Å². The summed E-state index contributed by atoms with van der Waals surface area (Å²) in [4.78, 5) is 29.6. The van der Waals surface area contributed by atoms with Gasteiger partial charge < -0.3 is 4.90 Å². The van der Waals surface area contributed by atoms with E-state index in [0.717, 1.165) is 38.6 Å². The van der Waals surface area contributed by atoms with E-state index < -0.39 is 0 Å². The highest BCUT2D eigenvalue weighted by Gasteiger charge is 2.43. The zero-order valence-corrected chi connectivity index (χ0v) is 17.3. The number of nitrogens with zero attached hydrogens (tertiary/aromatic N) is 4. The van der Waals surface area contributed by atoms with Gasteiger partial charge in [0.15, 0.2) is 0 Å². The van der Waals surface area contributed by atoms with Crippen LogP contribution in [0.25, 0.3) is 0 Å². The topological polar surface area (TPSA) is 58.4 Å². The van der Waals surface area contributed by atoms with Gasteiger partial charge in [-0.05, 0) is 44.4 Å². The number of carbonyl (C=O) groups excluding carboxylic acids is 1. The second-order valence-corrected chi connectivity index (χ2v) is 8.41. The zero-order chi connectivity index (χ0) is 20.4. The summed E-state index contributed by atoms with van der Waals surface area (Å²) in [6.45, 7) is 0.760. The van der Waals surface area contributed by atoms with E-state index in [1.165, 1.54) is 22.7 Å². The standard InChI is InChI=1S/C23H30N4O2/c1-25-18(15-17-9-5-3-6-10-17)16-21-20(25)11-7-4-8-14-27(21)23(29)19-12-13-22(28)26(2)24-19/h3,5-6,9-10,12-13,18,20-21H,4,7-8,11,14-16H2,1-2H3/t18-,20-,21+/m1/s1. The van der Waals surface area contributed by atoms with Crippen molar-refractivity contribution in [3.8, 4) is 0 Å². The Hall–Kier alpha value is -2.47. The van der Waals surface area contributed by atoms with Crippen molar-refractivity contribution >= 4 is 5.91 Å². The Balaban J connectivity index is 1.59. The van der Waals surface area contributed by atoms with Crippen LogP contribution in [0.15, 0.2) is 47.3 Å². The largest absolute Gasteiger partial charge is 0.333 e. The van der Waals surface area contributed by atoms with Gasteiger partial charge in [0, 0.05) is 37.8 Å². The summed E-state index contributed by atoms with van der Waals surface area (Å²) in [7, 11) is 3.81. The molecule has 0 aliphatic carbocycles. The molecule has 154 valence electrons. The number of benzene rings is 1. The SMILES string of the molecule is CN1[C@H](Cc2ccccc2)C[C@H]2[C@H]1CCCCCN2C(=O)c1ccc(=O)n(C)n1. The van der Waals surface area contributed by atoms with Crippen LogP contribution >= 0.6 is 0 Å². The average Bonchev–Trinajstić information content (AvgIpc) is 2.99. The third-order valence-electron chi connectivity index (χ3n) is 6.61. The van der Waals surface area contributed by atoms with Gasteiger partial charge in [0.25, 0.3) is 11.5 Å². The molecule has 2 fully saturated rings. The number of rotatable bonds is 3. The molecule has 6 nitrogen and oxygen atoms in total. The van der Waals surface area contributed by atoms with E-state index in [1.54, 1.807) is 13.1 Å². The van der Waals surface area contributed by atoms with E-state index in [-0.39, 0.29) is 17.5 Å². The van der Waals surface area contributed by atoms with Gasteiger partial charge >= 0.3 is 0 Å². The summed E-state index contributed by atoms with van der Waals surface area (Å²) in [6, 6.07) is 14.6. The number of likely N-dealkylation sites (tertiary alicyclic amines) is 2. The molecule has 0 N–H and O–H groups in total. The maximum Gasteiger partial charge on any atom is 0.274 e. The molecule has 2 aliphatic rings. The number of fused-ring (bicyclic) bond motifs is 1. The molecule has 6 heteroatoms. The minimum absolute atomic E-state index is 0.0498. The van der Waals surface area contributed by atoms with Crippen LogP contribution in [0.4, 0.5) is 0 Å². The molecule has 2 aromatic rings. The zero-order valence-electron chi connectivity index (χ0n) is 17.3. The van der Waals surface area contributed by atoms with Gasteiger partial charge in [-0.1, -0.05) is 43.2 Å². The number of aryl methyl sites for hydroxylation is 1. The van der Waals surface area contributed by atoms with Crippen LogP contribution < -0.4 is 5.56 Å². The lowest BCUT2D eigenvalue weighted by atomic mass is 9.95. The minimum atomic E-state index is -0.199. The molecule has 4 rings (SSSR count). The van der Waals surface area contributed by atoms with Crippen molar-refractivity contribution in [2.45, 2.75) is 56.7 Å². The molecule has 1 aromatic heterocycles.